The number of hydrogen-bond donors (Lipinski definition) is 1. The Morgan fingerprint density at radius 3 is 2.35 bits per heavy atom. The lowest BCUT2D eigenvalue weighted by molar-refractivity contribution is 0.0168. The molecule has 0 bridgehead atoms. The predicted molar refractivity (Wildman–Crippen MR) is 68.1 cm³/mol. The largest absolute Gasteiger partial charge is 0.382 e. The summed E-state index contributed by atoms with van der Waals surface area (Å²) in [5, 5.41) is 0. The van der Waals surface area contributed by atoms with E-state index in [1.54, 1.807) is 7.11 Å². The molecule has 1 rings (SSSR count). The molecule has 0 amide bonds. The van der Waals surface area contributed by atoms with Gasteiger partial charge in [0.15, 0.2) is 0 Å². The smallest absolute Gasteiger partial charge is 0.0701 e. The second-order valence-corrected chi connectivity index (χ2v) is 4.74. The van der Waals surface area contributed by atoms with Crippen molar-refractivity contribution in [2.24, 2.45) is 11.7 Å². The molecule has 0 heterocycles. The van der Waals surface area contributed by atoms with Gasteiger partial charge < -0.3 is 19.9 Å². The van der Waals surface area contributed by atoms with Crippen molar-refractivity contribution in [2.75, 3.05) is 40.1 Å². The molecule has 1 fully saturated rings. The van der Waals surface area contributed by atoms with Gasteiger partial charge in [-0.15, -0.1) is 0 Å². The second kappa shape index (κ2) is 9.83. The number of hydrogen-bond acceptors (Lipinski definition) is 4. The van der Waals surface area contributed by atoms with E-state index in [9.17, 15) is 0 Å². The molecule has 0 aromatic heterocycles. The minimum Gasteiger partial charge on any atom is -0.382 e. The molecule has 0 saturated heterocycles. The Morgan fingerprint density at radius 2 is 1.65 bits per heavy atom. The molecule has 17 heavy (non-hydrogen) atoms. The fraction of sp³-hybridized carbons (Fsp3) is 1.00. The lowest BCUT2D eigenvalue weighted by Crippen LogP contribution is -2.36. The van der Waals surface area contributed by atoms with Gasteiger partial charge in [0.2, 0.25) is 0 Å². The molecule has 0 aromatic rings. The van der Waals surface area contributed by atoms with Crippen molar-refractivity contribution >= 4 is 0 Å². The monoisotopic (exact) mass is 245 g/mol. The molecule has 0 spiro atoms. The summed E-state index contributed by atoms with van der Waals surface area (Å²) < 4.78 is 15.7. The van der Waals surface area contributed by atoms with E-state index in [4.69, 9.17) is 19.9 Å². The highest BCUT2D eigenvalue weighted by Crippen LogP contribution is 2.25. The van der Waals surface area contributed by atoms with Crippen molar-refractivity contribution in [3.05, 3.63) is 0 Å². The Bertz CT molecular complexity index is 172. The first-order chi connectivity index (χ1) is 8.34. The summed E-state index contributed by atoms with van der Waals surface area (Å²) in [6, 6.07) is 0.203. The van der Waals surface area contributed by atoms with Crippen molar-refractivity contribution in [3.63, 3.8) is 0 Å². The summed E-state index contributed by atoms with van der Waals surface area (Å²) in [7, 11) is 1.67. The molecule has 4 nitrogen and oxygen atoms in total. The van der Waals surface area contributed by atoms with Crippen LogP contribution in [0.3, 0.4) is 0 Å². The van der Waals surface area contributed by atoms with E-state index < -0.39 is 0 Å². The third kappa shape index (κ3) is 6.99. The zero-order chi connectivity index (χ0) is 12.3. The van der Waals surface area contributed by atoms with Gasteiger partial charge in [-0.05, 0) is 18.8 Å². The SMILES string of the molecule is COCCOCCOCC(N)C1CCCCC1. The maximum atomic E-state index is 6.13. The fourth-order valence-electron chi connectivity index (χ4n) is 2.28. The van der Waals surface area contributed by atoms with Crippen LogP contribution >= 0.6 is 0 Å². The topological polar surface area (TPSA) is 53.7 Å². The molecular weight excluding hydrogens is 218 g/mol. The molecule has 102 valence electrons. The van der Waals surface area contributed by atoms with Gasteiger partial charge in [0, 0.05) is 13.2 Å². The molecule has 2 N–H and O–H groups in total. The maximum Gasteiger partial charge on any atom is 0.0701 e. The summed E-state index contributed by atoms with van der Waals surface area (Å²) in [6.45, 7) is 3.19. The molecular formula is C13H27NO3. The van der Waals surface area contributed by atoms with E-state index >= 15 is 0 Å². The summed E-state index contributed by atoms with van der Waals surface area (Å²) in [5.74, 6) is 0.665. The summed E-state index contributed by atoms with van der Waals surface area (Å²) in [5.41, 5.74) is 6.13. The normalized spacial score (nSPS) is 19.4. The van der Waals surface area contributed by atoms with E-state index in [0.29, 0.717) is 39.0 Å². The van der Waals surface area contributed by atoms with Crippen molar-refractivity contribution in [3.8, 4) is 0 Å². The number of rotatable bonds is 9. The average molecular weight is 245 g/mol. The van der Waals surface area contributed by atoms with Gasteiger partial charge in [-0.1, -0.05) is 19.3 Å². The van der Waals surface area contributed by atoms with Crippen molar-refractivity contribution in [2.45, 2.75) is 38.1 Å². The number of nitrogens with two attached hydrogens (primary N) is 1. The van der Waals surface area contributed by atoms with Crippen LogP contribution in [0.1, 0.15) is 32.1 Å². The van der Waals surface area contributed by atoms with E-state index in [1.807, 2.05) is 0 Å². The molecule has 0 radical (unpaired) electrons. The van der Waals surface area contributed by atoms with E-state index in [0.717, 1.165) is 0 Å². The highest BCUT2D eigenvalue weighted by Gasteiger charge is 2.20. The highest BCUT2D eigenvalue weighted by molar-refractivity contribution is 4.75. The molecule has 4 heteroatoms. The summed E-state index contributed by atoms with van der Waals surface area (Å²) in [4.78, 5) is 0. The van der Waals surface area contributed by atoms with Crippen LogP contribution in [0.25, 0.3) is 0 Å². The predicted octanol–water partition coefficient (Wildman–Crippen LogP) is 1.57. The van der Waals surface area contributed by atoms with Crippen LogP contribution in [0.2, 0.25) is 0 Å². The molecule has 0 aromatic carbocycles. The second-order valence-electron chi connectivity index (χ2n) is 4.74. The maximum absolute atomic E-state index is 6.13. The van der Waals surface area contributed by atoms with E-state index in [1.165, 1.54) is 32.1 Å². The van der Waals surface area contributed by atoms with Crippen molar-refractivity contribution in [1.82, 2.24) is 0 Å². The standard InChI is InChI=1S/C13H27NO3/c1-15-7-8-16-9-10-17-11-13(14)12-5-3-2-4-6-12/h12-13H,2-11,14H2,1H3. The van der Waals surface area contributed by atoms with Crippen LogP contribution in [0.4, 0.5) is 0 Å². The van der Waals surface area contributed by atoms with Gasteiger partial charge >= 0.3 is 0 Å². The summed E-state index contributed by atoms with van der Waals surface area (Å²) in [6.07, 6.45) is 6.58. The van der Waals surface area contributed by atoms with Crippen molar-refractivity contribution < 1.29 is 14.2 Å². The highest BCUT2D eigenvalue weighted by atomic mass is 16.5. The molecule has 1 atom stereocenters. The Labute approximate surface area is 105 Å². The Kier molecular flexibility index (Phi) is 8.61. The molecule has 0 aliphatic heterocycles. The molecule has 1 unspecified atom stereocenters. The first-order valence-corrected chi connectivity index (χ1v) is 6.74. The van der Waals surface area contributed by atoms with Gasteiger partial charge in [0.1, 0.15) is 0 Å². The fourth-order valence-corrected chi connectivity index (χ4v) is 2.28. The molecule has 1 aliphatic carbocycles. The van der Waals surface area contributed by atoms with Crippen LogP contribution in [-0.4, -0.2) is 46.2 Å². The first kappa shape index (κ1) is 14.9. The zero-order valence-corrected chi connectivity index (χ0v) is 11.0. The van der Waals surface area contributed by atoms with E-state index in [2.05, 4.69) is 0 Å². The first-order valence-electron chi connectivity index (χ1n) is 6.74. The van der Waals surface area contributed by atoms with Crippen LogP contribution in [0.15, 0.2) is 0 Å². The number of methoxy groups -OCH3 is 1. The third-order valence-corrected chi connectivity index (χ3v) is 3.37. The Morgan fingerprint density at radius 1 is 1.00 bits per heavy atom. The van der Waals surface area contributed by atoms with Gasteiger partial charge in [0.25, 0.3) is 0 Å². The van der Waals surface area contributed by atoms with Crippen molar-refractivity contribution in [1.29, 1.82) is 0 Å². The lowest BCUT2D eigenvalue weighted by Gasteiger charge is -2.27. The molecule has 1 saturated carbocycles. The Balaban J connectivity index is 1.90. The number of ether oxygens (including phenoxy) is 3. The zero-order valence-electron chi connectivity index (χ0n) is 11.0. The van der Waals surface area contributed by atoms with Crippen LogP contribution in [-0.2, 0) is 14.2 Å². The van der Waals surface area contributed by atoms with Gasteiger partial charge in [-0.2, -0.15) is 0 Å². The third-order valence-electron chi connectivity index (χ3n) is 3.37. The quantitative estimate of drug-likeness (QED) is 0.627. The minimum absolute atomic E-state index is 0.203. The van der Waals surface area contributed by atoms with Crippen LogP contribution in [0, 0.1) is 5.92 Å². The average Bonchev–Trinajstić information content (AvgIpc) is 2.38. The van der Waals surface area contributed by atoms with Gasteiger partial charge in [-0.25, -0.2) is 0 Å². The van der Waals surface area contributed by atoms with Gasteiger partial charge in [0.05, 0.1) is 33.0 Å². The lowest BCUT2D eigenvalue weighted by atomic mass is 9.84. The summed E-state index contributed by atoms with van der Waals surface area (Å²) >= 11 is 0. The van der Waals surface area contributed by atoms with Crippen LogP contribution in [0.5, 0.6) is 0 Å². The van der Waals surface area contributed by atoms with E-state index in [-0.39, 0.29) is 6.04 Å². The van der Waals surface area contributed by atoms with Gasteiger partial charge in [-0.3, -0.25) is 0 Å². The Hall–Kier alpha value is -0.160. The van der Waals surface area contributed by atoms with Crippen LogP contribution < -0.4 is 5.73 Å². The molecule has 1 aliphatic rings. The minimum atomic E-state index is 0.203.